The predicted molar refractivity (Wildman–Crippen MR) is 84.0 cm³/mol. The highest BCUT2D eigenvalue weighted by Crippen LogP contribution is 2.23. The van der Waals surface area contributed by atoms with Crippen LogP contribution < -0.4 is 10.1 Å². The Hall–Kier alpha value is -1.88. The number of amides is 1. The third-order valence-electron chi connectivity index (χ3n) is 2.88. The van der Waals surface area contributed by atoms with Gasteiger partial charge in [-0.25, -0.2) is 4.39 Å². The van der Waals surface area contributed by atoms with E-state index in [1.165, 1.54) is 24.3 Å². The van der Waals surface area contributed by atoms with Crippen LogP contribution in [0.25, 0.3) is 0 Å². The topological polar surface area (TPSA) is 38.3 Å². The third kappa shape index (κ3) is 4.29. The third-order valence-corrected chi connectivity index (χ3v) is 3.53. The van der Waals surface area contributed by atoms with Gasteiger partial charge in [0, 0.05) is 4.47 Å². The number of hydrogen-bond acceptors (Lipinski definition) is 2. The molecule has 0 saturated carbocycles. The molecular formula is C16H15BrFNO2. The number of benzene rings is 2. The van der Waals surface area contributed by atoms with E-state index < -0.39 is 6.10 Å². The zero-order valence-electron chi connectivity index (χ0n) is 11.7. The van der Waals surface area contributed by atoms with Gasteiger partial charge in [0.15, 0.2) is 6.10 Å². The Bertz CT molecular complexity index is 643. The maximum Gasteiger partial charge on any atom is 0.265 e. The molecule has 2 rings (SSSR count). The number of hydrogen-bond donors (Lipinski definition) is 1. The summed E-state index contributed by atoms with van der Waals surface area (Å²) in [5, 5.41) is 2.78. The van der Waals surface area contributed by atoms with Crippen LogP contribution in [0.5, 0.6) is 5.75 Å². The van der Waals surface area contributed by atoms with E-state index in [-0.39, 0.29) is 11.7 Å². The summed E-state index contributed by atoms with van der Waals surface area (Å²) in [4.78, 5) is 12.1. The minimum atomic E-state index is -0.691. The lowest BCUT2D eigenvalue weighted by molar-refractivity contribution is -0.122. The van der Waals surface area contributed by atoms with Crippen molar-refractivity contribution in [1.82, 2.24) is 0 Å². The molecule has 0 aromatic heterocycles. The van der Waals surface area contributed by atoms with Gasteiger partial charge in [0.05, 0.1) is 5.69 Å². The van der Waals surface area contributed by atoms with Crippen molar-refractivity contribution in [2.24, 2.45) is 0 Å². The van der Waals surface area contributed by atoms with E-state index in [1.807, 2.05) is 25.1 Å². The van der Waals surface area contributed by atoms with Gasteiger partial charge in [0.25, 0.3) is 5.91 Å². The molecular weight excluding hydrogens is 337 g/mol. The van der Waals surface area contributed by atoms with Crippen LogP contribution in [-0.2, 0) is 4.79 Å². The molecule has 2 aromatic rings. The number of carbonyl (C=O) groups is 1. The molecule has 110 valence electrons. The molecule has 0 aliphatic carbocycles. The molecule has 21 heavy (non-hydrogen) atoms. The number of rotatable bonds is 4. The van der Waals surface area contributed by atoms with Gasteiger partial charge in [-0.2, -0.15) is 0 Å². The zero-order valence-corrected chi connectivity index (χ0v) is 13.3. The van der Waals surface area contributed by atoms with E-state index in [1.54, 1.807) is 6.92 Å². The summed E-state index contributed by atoms with van der Waals surface area (Å²) in [6, 6.07) is 11.2. The molecule has 3 nitrogen and oxygen atoms in total. The number of anilines is 1. The van der Waals surface area contributed by atoms with Crippen LogP contribution in [0.15, 0.2) is 46.9 Å². The summed E-state index contributed by atoms with van der Waals surface area (Å²) in [5.74, 6) is -0.172. The first-order chi connectivity index (χ1) is 9.95. The Morgan fingerprint density at radius 1 is 1.24 bits per heavy atom. The maximum atomic E-state index is 12.8. The van der Waals surface area contributed by atoms with Crippen molar-refractivity contribution >= 4 is 27.5 Å². The van der Waals surface area contributed by atoms with Crippen LogP contribution in [0.2, 0.25) is 0 Å². The Kier molecular flexibility index (Phi) is 4.96. The molecule has 5 heteroatoms. The van der Waals surface area contributed by atoms with Crippen LogP contribution in [-0.4, -0.2) is 12.0 Å². The molecule has 1 amide bonds. The summed E-state index contributed by atoms with van der Waals surface area (Å²) >= 11 is 3.40. The van der Waals surface area contributed by atoms with Gasteiger partial charge >= 0.3 is 0 Å². The molecule has 1 unspecified atom stereocenters. The van der Waals surface area contributed by atoms with E-state index in [0.29, 0.717) is 11.4 Å². The lowest BCUT2D eigenvalue weighted by Crippen LogP contribution is -2.30. The molecule has 0 aliphatic rings. The molecule has 1 atom stereocenters. The van der Waals surface area contributed by atoms with Crippen LogP contribution >= 0.6 is 15.9 Å². The molecule has 0 heterocycles. The van der Waals surface area contributed by atoms with Gasteiger partial charge in [-0.3, -0.25) is 4.79 Å². The fraction of sp³-hybridized carbons (Fsp3) is 0.188. The van der Waals surface area contributed by atoms with Gasteiger partial charge in [0.1, 0.15) is 11.6 Å². The molecule has 0 saturated heterocycles. The normalized spacial score (nSPS) is 11.8. The standard InChI is InChI=1S/C16H15BrFNO2/c1-10-3-8-15(14(17)9-10)19-16(20)11(2)21-13-6-4-12(18)5-7-13/h3-9,11H,1-2H3,(H,19,20). The smallest absolute Gasteiger partial charge is 0.265 e. The monoisotopic (exact) mass is 351 g/mol. The fourth-order valence-electron chi connectivity index (χ4n) is 1.73. The SMILES string of the molecule is Cc1ccc(NC(=O)C(C)Oc2ccc(F)cc2)c(Br)c1. The van der Waals surface area contributed by atoms with Gasteiger partial charge in [-0.15, -0.1) is 0 Å². The molecule has 0 spiro atoms. The highest BCUT2D eigenvalue weighted by Gasteiger charge is 2.16. The number of halogens is 2. The molecule has 0 radical (unpaired) electrons. The van der Waals surface area contributed by atoms with E-state index in [9.17, 15) is 9.18 Å². The summed E-state index contributed by atoms with van der Waals surface area (Å²) in [5.41, 5.74) is 1.77. The van der Waals surface area contributed by atoms with Crippen LogP contribution in [0, 0.1) is 12.7 Å². The van der Waals surface area contributed by atoms with Gasteiger partial charge in [-0.05, 0) is 71.7 Å². The number of ether oxygens (including phenoxy) is 1. The van der Waals surface area contributed by atoms with E-state index >= 15 is 0 Å². The second-order valence-electron chi connectivity index (χ2n) is 4.69. The first-order valence-corrected chi connectivity index (χ1v) is 7.24. The average Bonchev–Trinajstić information content (AvgIpc) is 2.44. The van der Waals surface area contributed by atoms with Crippen molar-refractivity contribution in [3.63, 3.8) is 0 Å². The van der Waals surface area contributed by atoms with Crippen LogP contribution in [0.4, 0.5) is 10.1 Å². The van der Waals surface area contributed by atoms with Crippen LogP contribution in [0.3, 0.4) is 0 Å². The highest BCUT2D eigenvalue weighted by atomic mass is 79.9. The molecule has 0 fully saturated rings. The lowest BCUT2D eigenvalue weighted by atomic mass is 10.2. The first-order valence-electron chi connectivity index (χ1n) is 6.45. The Labute approximate surface area is 131 Å². The second-order valence-corrected chi connectivity index (χ2v) is 5.54. The Morgan fingerprint density at radius 3 is 2.52 bits per heavy atom. The average molecular weight is 352 g/mol. The molecule has 2 aromatic carbocycles. The molecule has 1 N–H and O–H groups in total. The maximum absolute atomic E-state index is 12.8. The van der Waals surface area contributed by atoms with E-state index in [4.69, 9.17) is 4.74 Å². The fourth-order valence-corrected chi connectivity index (χ4v) is 2.32. The van der Waals surface area contributed by atoms with Gasteiger partial charge in [-0.1, -0.05) is 6.07 Å². The summed E-state index contributed by atoms with van der Waals surface area (Å²) < 4.78 is 19.1. The summed E-state index contributed by atoms with van der Waals surface area (Å²) in [7, 11) is 0. The van der Waals surface area contributed by atoms with Crippen molar-refractivity contribution < 1.29 is 13.9 Å². The predicted octanol–water partition coefficient (Wildman–Crippen LogP) is 4.30. The van der Waals surface area contributed by atoms with E-state index in [2.05, 4.69) is 21.2 Å². The minimum Gasteiger partial charge on any atom is -0.481 e. The van der Waals surface area contributed by atoms with Crippen molar-refractivity contribution in [1.29, 1.82) is 0 Å². The summed E-state index contributed by atoms with van der Waals surface area (Å²) in [6.45, 7) is 3.61. The largest absolute Gasteiger partial charge is 0.481 e. The van der Waals surface area contributed by atoms with Crippen molar-refractivity contribution in [3.05, 3.63) is 58.3 Å². The number of nitrogens with one attached hydrogen (secondary N) is 1. The first kappa shape index (κ1) is 15.5. The number of aryl methyl sites for hydroxylation is 1. The highest BCUT2D eigenvalue weighted by molar-refractivity contribution is 9.10. The van der Waals surface area contributed by atoms with E-state index in [0.717, 1.165) is 10.0 Å². The molecule has 0 aliphatic heterocycles. The minimum absolute atomic E-state index is 0.274. The Balaban J connectivity index is 2.00. The molecule has 0 bridgehead atoms. The van der Waals surface area contributed by atoms with Crippen LogP contribution in [0.1, 0.15) is 12.5 Å². The van der Waals surface area contributed by atoms with Gasteiger partial charge in [0.2, 0.25) is 0 Å². The van der Waals surface area contributed by atoms with Crippen molar-refractivity contribution in [2.75, 3.05) is 5.32 Å². The lowest BCUT2D eigenvalue weighted by Gasteiger charge is -2.15. The quantitative estimate of drug-likeness (QED) is 0.891. The second kappa shape index (κ2) is 6.72. The summed E-state index contributed by atoms with van der Waals surface area (Å²) in [6.07, 6.45) is -0.691. The zero-order chi connectivity index (χ0) is 15.4. The van der Waals surface area contributed by atoms with Crippen molar-refractivity contribution in [3.8, 4) is 5.75 Å². The Morgan fingerprint density at radius 2 is 1.90 bits per heavy atom. The van der Waals surface area contributed by atoms with Crippen molar-refractivity contribution in [2.45, 2.75) is 20.0 Å². The number of carbonyl (C=O) groups excluding carboxylic acids is 1. The van der Waals surface area contributed by atoms with Gasteiger partial charge < -0.3 is 10.1 Å².